The number of carbonyl (C=O) groups is 3. The van der Waals surface area contributed by atoms with Crippen LogP contribution in [0.3, 0.4) is 0 Å². The van der Waals surface area contributed by atoms with Crippen LogP contribution in [0.2, 0.25) is 0 Å². The van der Waals surface area contributed by atoms with Crippen LogP contribution in [-0.2, 0) is 28.6 Å². The van der Waals surface area contributed by atoms with Gasteiger partial charge >= 0.3 is 17.9 Å². The molecule has 0 heterocycles. The Labute approximate surface area is 210 Å². The zero-order valence-corrected chi connectivity index (χ0v) is 22.4. The average Bonchev–Trinajstić information content (AvgIpc) is 3.16. The molecule has 35 heavy (non-hydrogen) atoms. The number of allylic oxidation sites excluding steroid dienone is 2. The number of hydrogen-bond acceptors (Lipinski definition) is 6. The molecule has 6 nitrogen and oxygen atoms in total. The minimum absolute atomic E-state index is 0.00332. The molecule has 0 aliphatic heterocycles. The van der Waals surface area contributed by atoms with Gasteiger partial charge in [-0.25, -0.2) is 0 Å². The second-order valence-corrected chi connectivity index (χ2v) is 12.3. The highest BCUT2D eigenvalue weighted by Crippen LogP contribution is 2.67. The van der Waals surface area contributed by atoms with Gasteiger partial charge in [-0.3, -0.25) is 14.4 Å². The maximum Gasteiger partial charge on any atom is 0.305 e. The van der Waals surface area contributed by atoms with Crippen LogP contribution >= 0.6 is 0 Å². The van der Waals surface area contributed by atoms with Crippen LogP contribution in [0.5, 0.6) is 0 Å². The van der Waals surface area contributed by atoms with E-state index in [-0.39, 0.29) is 40.9 Å². The summed E-state index contributed by atoms with van der Waals surface area (Å²) in [5.74, 6) is 1.95. The summed E-state index contributed by atoms with van der Waals surface area (Å²) in [7, 11) is 1.45. The largest absolute Gasteiger partial charge is 0.469 e. The summed E-state index contributed by atoms with van der Waals surface area (Å²) in [6.45, 7) is 10.1. The van der Waals surface area contributed by atoms with Crippen molar-refractivity contribution in [3.05, 3.63) is 12.2 Å². The van der Waals surface area contributed by atoms with Crippen molar-refractivity contribution in [2.45, 2.75) is 98.2 Å². The molecule has 6 heteroatoms. The van der Waals surface area contributed by atoms with E-state index in [1.165, 1.54) is 21.0 Å². The monoisotopic (exact) mass is 488 g/mol. The van der Waals surface area contributed by atoms with Gasteiger partial charge in [0.15, 0.2) is 0 Å². The number of carbonyl (C=O) groups excluding carboxylic acids is 3. The van der Waals surface area contributed by atoms with Gasteiger partial charge in [0.05, 0.1) is 7.11 Å². The predicted molar refractivity (Wildman–Crippen MR) is 132 cm³/mol. The van der Waals surface area contributed by atoms with E-state index in [0.29, 0.717) is 41.9 Å². The summed E-state index contributed by atoms with van der Waals surface area (Å²) < 4.78 is 16.6. The second-order valence-electron chi connectivity index (χ2n) is 12.3. The van der Waals surface area contributed by atoms with Gasteiger partial charge in [0.25, 0.3) is 0 Å². The van der Waals surface area contributed by atoms with Crippen LogP contribution in [0.15, 0.2) is 12.2 Å². The molecule has 4 aliphatic carbocycles. The molecule has 10 atom stereocenters. The molecule has 0 amide bonds. The molecule has 3 fully saturated rings. The van der Waals surface area contributed by atoms with Crippen molar-refractivity contribution in [3.8, 4) is 0 Å². The Balaban J connectivity index is 1.61. The highest BCUT2D eigenvalue weighted by atomic mass is 16.5. The van der Waals surface area contributed by atoms with Crippen molar-refractivity contribution < 1.29 is 28.6 Å². The predicted octanol–water partition coefficient (Wildman–Crippen LogP) is 5.48. The van der Waals surface area contributed by atoms with Gasteiger partial charge < -0.3 is 14.2 Å². The SMILES string of the molecule is COC(=O)CC[C@H](C)[C@H]1CC[C@@H]2[C@@H]3C=C[C@@H]4C[C@H](OC(C)=O)CC[C@]4(C)[C@@H]3C[C@H](OC(C)=O)[C@@]21C. The summed E-state index contributed by atoms with van der Waals surface area (Å²) in [6, 6.07) is 0. The van der Waals surface area contributed by atoms with E-state index in [0.717, 1.165) is 44.9 Å². The quantitative estimate of drug-likeness (QED) is 0.280. The topological polar surface area (TPSA) is 78.9 Å². The summed E-state index contributed by atoms with van der Waals surface area (Å²) in [6.07, 6.45) is 11.9. The van der Waals surface area contributed by atoms with Crippen LogP contribution in [0.25, 0.3) is 0 Å². The van der Waals surface area contributed by atoms with Crippen LogP contribution in [-0.4, -0.2) is 37.2 Å². The maximum absolute atomic E-state index is 12.3. The fraction of sp³-hybridized carbons (Fsp3) is 0.828. The molecular formula is C29H44O6. The number of methoxy groups -OCH3 is 1. The molecular weight excluding hydrogens is 444 g/mol. The van der Waals surface area contributed by atoms with Gasteiger partial charge in [0, 0.05) is 25.7 Å². The Morgan fingerprint density at radius 1 is 0.971 bits per heavy atom. The lowest BCUT2D eigenvalue weighted by molar-refractivity contribution is -0.183. The fourth-order valence-corrected chi connectivity index (χ4v) is 8.85. The van der Waals surface area contributed by atoms with Gasteiger partial charge in [-0.05, 0) is 85.9 Å². The van der Waals surface area contributed by atoms with Crippen LogP contribution in [0, 0.1) is 46.3 Å². The third kappa shape index (κ3) is 4.67. The lowest BCUT2D eigenvalue weighted by Crippen LogP contribution is -2.58. The van der Waals surface area contributed by atoms with Crippen LogP contribution < -0.4 is 0 Å². The normalized spacial score (nSPS) is 42.7. The molecule has 4 aliphatic rings. The molecule has 0 radical (unpaired) electrons. The Morgan fingerprint density at radius 2 is 1.69 bits per heavy atom. The first kappa shape index (κ1) is 26.2. The first-order chi connectivity index (χ1) is 16.5. The van der Waals surface area contributed by atoms with Gasteiger partial charge in [0.1, 0.15) is 12.2 Å². The first-order valence-electron chi connectivity index (χ1n) is 13.6. The van der Waals surface area contributed by atoms with E-state index >= 15 is 0 Å². The molecule has 0 aromatic rings. The molecule has 4 rings (SSSR count). The van der Waals surface area contributed by atoms with Crippen molar-refractivity contribution in [1.82, 2.24) is 0 Å². The number of fused-ring (bicyclic) bond motifs is 5. The Hall–Kier alpha value is -1.85. The van der Waals surface area contributed by atoms with E-state index in [1.54, 1.807) is 0 Å². The van der Waals surface area contributed by atoms with Crippen molar-refractivity contribution in [2.75, 3.05) is 7.11 Å². The Kier molecular flexibility index (Phi) is 7.41. The zero-order chi connectivity index (χ0) is 25.5. The van der Waals surface area contributed by atoms with Crippen molar-refractivity contribution in [3.63, 3.8) is 0 Å². The molecule has 0 N–H and O–H groups in total. The van der Waals surface area contributed by atoms with Crippen LogP contribution in [0.4, 0.5) is 0 Å². The minimum atomic E-state index is -0.201. The number of ether oxygens (including phenoxy) is 3. The van der Waals surface area contributed by atoms with Crippen LogP contribution in [0.1, 0.15) is 86.0 Å². The number of hydrogen-bond donors (Lipinski definition) is 0. The van der Waals surface area contributed by atoms with Crippen molar-refractivity contribution in [2.24, 2.45) is 46.3 Å². The van der Waals surface area contributed by atoms with Crippen molar-refractivity contribution in [1.29, 1.82) is 0 Å². The summed E-state index contributed by atoms with van der Waals surface area (Å²) in [5.41, 5.74) is 0.00916. The Morgan fingerprint density at radius 3 is 2.34 bits per heavy atom. The molecule has 0 saturated heterocycles. The maximum atomic E-state index is 12.3. The summed E-state index contributed by atoms with van der Waals surface area (Å²) in [5, 5.41) is 0. The molecule has 0 bridgehead atoms. The molecule has 3 saturated carbocycles. The van der Waals surface area contributed by atoms with E-state index in [4.69, 9.17) is 14.2 Å². The molecule has 0 aromatic heterocycles. The smallest absolute Gasteiger partial charge is 0.305 e. The molecule has 196 valence electrons. The van der Waals surface area contributed by atoms with Gasteiger partial charge in [-0.15, -0.1) is 0 Å². The van der Waals surface area contributed by atoms with Gasteiger partial charge in [-0.1, -0.05) is 32.9 Å². The Bertz CT molecular complexity index is 865. The number of rotatable bonds is 6. The summed E-state index contributed by atoms with van der Waals surface area (Å²) in [4.78, 5) is 35.7. The van der Waals surface area contributed by atoms with E-state index in [9.17, 15) is 14.4 Å². The minimum Gasteiger partial charge on any atom is -0.469 e. The van der Waals surface area contributed by atoms with Gasteiger partial charge in [0.2, 0.25) is 0 Å². The molecule has 0 aromatic carbocycles. The summed E-state index contributed by atoms with van der Waals surface area (Å²) >= 11 is 0. The third-order valence-electron chi connectivity index (χ3n) is 10.6. The second kappa shape index (κ2) is 9.89. The first-order valence-corrected chi connectivity index (χ1v) is 13.6. The standard InChI is InChI=1S/C29H44O6/c1-17(7-12-27(32)33-6)23-10-11-24-22-9-8-20-15-21(34-18(2)30)13-14-28(20,4)25(22)16-26(29(23,24)5)35-19(3)31/h8-9,17,20-26H,7,10-16H2,1-6H3/t17-,20+,21+,22-,23+,24+,25+,26-,28-,29+/m0/s1. The lowest BCUT2D eigenvalue weighted by atomic mass is 9.45. The average molecular weight is 489 g/mol. The number of esters is 3. The molecule has 0 spiro atoms. The zero-order valence-electron chi connectivity index (χ0n) is 22.4. The van der Waals surface area contributed by atoms with Crippen molar-refractivity contribution >= 4 is 17.9 Å². The molecule has 0 unspecified atom stereocenters. The fourth-order valence-electron chi connectivity index (χ4n) is 8.85. The highest BCUT2D eigenvalue weighted by molar-refractivity contribution is 5.69. The third-order valence-corrected chi connectivity index (χ3v) is 10.6. The van der Waals surface area contributed by atoms with E-state index < -0.39 is 0 Å². The highest BCUT2D eigenvalue weighted by Gasteiger charge is 2.64. The van der Waals surface area contributed by atoms with Gasteiger partial charge in [-0.2, -0.15) is 0 Å². The lowest BCUT2D eigenvalue weighted by Gasteiger charge is -2.61. The van der Waals surface area contributed by atoms with E-state index in [1.807, 2.05) is 0 Å². The van der Waals surface area contributed by atoms with E-state index in [2.05, 4.69) is 32.9 Å².